The van der Waals surface area contributed by atoms with Crippen molar-refractivity contribution in [3.05, 3.63) is 62.7 Å². The van der Waals surface area contributed by atoms with Crippen LogP contribution in [0, 0.1) is 10.1 Å². The van der Waals surface area contributed by atoms with E-state index in [2.05, 4.69) is 33.2 Å². The highest BCUT2D eigenvalue weighted by Crippen LogP contribution is 2.26. The van der Waals surface area contributed by atoms with Gasteiger partial charge < -0.3 is 5.32 Å². The second kappa shape index (κ2) is 6.47. The summed E-state index contributed by atoms with van der Waals surface area (Å²) in [6, 6.07) is 11.4. The molecule has 0 bridgehead atoms. The smallest absolute Gasteiger partial charge is 0.312 e. The van der Waals surface area contributed by atoms with E-state index in [0.29, 0.717) is 16.8 Å². The SMILES string of the molecule is CC(CNc1ncc(Br)cc1[N+](=O)[O-])c1ccccc1. The summed E-state index contributed by atoms with van der Waals surface area (Å²) in [5.41, 5.74) is 1.15. The van der Waals surface area contributed by atoms with Crippen LogP contribution in [0.25, 0.3) is 0 Å². The van der Waals surface area contributed by atoms with Crippen LogP contribution in [0.3, 0.4) is 0 Å². The monoisotopic (exact) mass is 335 g/mol. The van der Waals surface area contributed by atoms with Gasteiger partial charge in [0.1, 0.15) is 0 Å². The number of aromatic nitrogens is 1. The quantitative estimate of drug-likeness (QED) is 0.663. The van der Waals surface area contributed by atoms with E-state index in [1.54, 1.807) is 6.20 Å². The predicted octanol–water partition coefficient (Wildman–Crippen LogP) is 3.97. The molecule has 1 aromatic carbocycles. The molecule has 0 spiro atoms. The first kappa shape index (κ1) is 14.5. The van der Waals surface area contributed by atoms with Gasteiger partial charge in [-0.3, -0.25) is 10.1 Å². The number of pyridine rings is 1. The Morgan fingerprint density at radius 2 is 2.10 bits per heavy atom. The van der Waals surface area contributed by atoms with E-state index in [9.17, 15) is 10.1 Å². The fourth-order valence-corrected chi connectivity index (χ4v) is 2.17. The Balaban J connectivity index is 2.09. The Labute approximate surface area is 125 Å². The normalized spacial score (nSPS) is 11.9. The van der Waals surface area contributed by atoms with Crippen LogP contribution in [0.1, 0.15) is 18.4 Å². The Hall–Kier alpha value is -1.95. The van der Waals surface area contributed by atoms with Gasteiger partial charge in [-0.15, -0.1) is 0 Å². The Kier molecular flexibility index (Phi) is 4.68. The zero-order valence-corrected chi connectivity index (χ0v) is 12.5. The average Bonchev–Trinajstić information content (AvgIpc) is 2.46. The Morgan fingerprint density at radius 3 is 2.75 bits per heavy atom. The number of halogens is 1. The van der Waals surface area contributed by atoms with Gasteiger partial charge in [0.05, 0.1) is 4.92 Å². The first-order valence-electron chi connectivity index (χ1n) is 6.16. The third-order valence-electron chi connectivity index (χ3n) is 2.98. The molecule has 0 fully saturated rings. The summed E-state index contributed by atoms with van der Waals surface area (Å²) in [7, 11) is 0. The largest absolute Gasteiger partial charge is 0.364 e. The summed E-state index contributed by atoms with van der Waals surface area (Å²) < 4.78 is 0.589. The molecule has 1 aromatic heterocycles. The molecule has 2 aromatic rings. The first-order chi connectivity index (χ1) is 9.58. The van der Waals surface area contributed by atoms with Crippen molar-refractivity contribution in [1.29, 1.82) is 0 Å². The van der Waals surface area contributed by atoms with Gasteiger partial charge in [-0.1, -0.05) is 37.3 Å². The molecule has 0 aliphatic carbocycles. The minimum atomic E-state index is -0.437. The predicted molar refractivity (Wildman–Crippen MR) is 81.9 cm³/mol. The average molecular weight is 336 g/mol. The molecule has 0 aliphatic rings. The zero-order valence-electron chi connectivity index (χ0n) is 10.9. The van der Waals surface area contributed by atoms with Gasteiger partial charge in [0.25, 0.3) is 0 Å². The van der Waals surface area contributed by atoms with E-state index in [4.69, 9.17) is 0 Å². The van der Waals surface area contributed by atoms with Gasteiger partial charge in [-0.2, -0.15) is 0 Å². The van der Waals surface area contributed by atoms with E-state index in [1.165, 1.54) is 11.6 Å². The summed E-state index contributed by atoms with van der Waals surface area (Å²) in [6.45, 7) is 2.65. The summed E-state index contributed by atoms with van der Waals surface area (Å²) in [6.07, 6.45) is 1.54. The topological polar surface area (TPSA) is 68.1 Å². The number of hydrogen-bond acceptors (Lipinski definition) is 4. The zero-order chi connectivity index (χ0) is 14.5. The van der Waals surface area contributed by atoms with Gasteiger partial charge in [-0.25, -0.2) is 4.98 Å². The van der Waals surface area contributed by atoms with Crippen LogP contribution in [-0.2, 0) is 0 Å². The summed E-state index contributed by atoms with van der Waals surface area (Å²) in [5, 5.41) is 14.0. The molecule has 6 heteroatoms. The highest BCUT2D eigenvalue weighted by atomic mass is 79.9. The minimum absolute atomic E-state index is 0.0281. The maximum Gasteiger partial charge on any atom is 0.312 e. The highest BCUT2D eigenvalue weighted by molar-refractivity contribution is 9.10. The number of hydrogen-bond donors (Lipinski definition) is 1. The first-order valence-corrected chi connectivity index (χ1v) is 6.96. The molecule has 20 heavy (non-hydrogen) atoms. The molecular formula is C14H14BrN3O2. The third kappa shape index (κ3) is 3.54. The molecule has 1 heterocycles. The van der Waals surface area contributed by atoms with Crippen LogP contribution in [0.2, 0.25) is 0 Å². The Morgan fingerprint density at radius 1 is 1.40 bits per heavy atom. The van der Waals surface area contributed by atoms with Crippen LogP contribution in [0.4, 0.5) is 11.5 Å². The van der Waals surface area contributed by atoms with Crippen molar-refractivity contribution < 1.29 is 4.92 Å². The molecule has 1 N–H and O–H groups in total. The Bertz CT molecular complexity index is 605. The lowest BCUT2D eigenvalue weighted by molar-refractivity contribution is -0.384. The lowest BCUT2D eigenvalue weighted by Crippen LogP contribution is -2.12. The van der Waals surface area contributed by atoms with Crippen molar-refractivity contribution in [3.8, 4) is 0 Å². The van der Waals surface area contributed by atoms with Crippen LogP contribution < -0.4 is 5.32 Å². The van der Waals surface area contributed by atoms with Gasteiger partial charge >= 0.3 is 5.69 Å². The van der Waals surface area contributed by atoms with Crippen molar-refractivity contribution in [2.45, 2.75) is 12.8 Å². The molecule has 1 unspecified atom stereocenters. The van der Waals surface area contributed by atoms with Gasteiger partial charge in [-0.05, 0) is 27.4 Å². The number of nitro groups is 1. The van der Waals surface area contributed by atoms with Crippen LogP contribution >= 0.6 is 15.9 Å². The second-order valence-electron chi connectivity index (χ2n) is 4.47. The molecule has 104 valence electrons. The van der Waals surface area contributed by atoms with Gasteiger partial charge in [0.15, 0.2) is 0 Å². The number of rotatable bonds is 5. The molecule has 0 saturated carbocycles. The fourth-order valence-electron chi connectivity index (χ4n) is 1.85. The van der Waals surface area contributed by atoms with E-state index in [-0.39, 0.29) is 11.6 Å². The molecule has 1 atom stereocenters. The molecular weight excluding hydrogens is 322 g/mol. The highest BCUT2D eigenvalue weighted by Gasteiger charge is 2.16. The molecule has 2 rings (SSSR count). The third-order valence-corrected chi connectivity index (χ3v) is 3.41. The van der Waals surface area contributed by atoms with Gasteiger partial charge in [0.2, 0.25) is 5.82 Å². The summed E-state index contributed by atoms with van der Waals surface area (Å²) >= 11 is 3.19. The van der Waals surface area contributed by atoms with Crippen molar-refractivity contribution in [1.82, 2.24) is 4.98 Å². The maximum absolute atomic E-state index is 11.0. The molecule has 0 radical (unpaired) electrons. The molecule has 0 saturated heterocycles. The standard InChI is InChI=1S/C14H14BrN3O2/c1-10(11-5-3-2-4-6-11)8-16-14-13(18(19)20)7-12(15)9-17-14/h2-7,9-10H,8H2,1H3,(H,16,17). The fraction of sp³-hybridized carbons (Fsp3) is 0.214. The van der Waals surface area contributed by atoms with E-state index < -0.39 is 4.92 Å². The number of nitrogens with one attached hydrogen (secondary N) is 1. The van der Waals surface area contributed by atoms with Crippen LogP contribution in [0.5, 0.6) is 0 Å². The van der Waals surface area contributed by atoms with E-state index in [0.717, 1.165) is 0 Å². The van der Waals surface area contributed by atoms with Crippen LogP contribution in [0.15, 0.2) is 47.1 Å². The van der Waals surface area contributed by atoms with Crippen molar-refractivity contribution in [2.75, 3.05) is 11.9 Å². The lowest BCUT2D eigenvalue weighted by atomic mass is 10.0. The minimum Gasteiger partial charge on any atom is -0.364 e. The van der Waals surface area contributed by atoms with Crippen molar-refractivity contribution >= 4 is 27.4 Å². The maximum atomic E-state index is 11.0. The van der Waals surface area contributed by atoms with E-state index in [1.807, 2.05) is 30.3 Å². The van der Waals surface area contributed by atoms with Crippen molar-refractivity contribution in [2.24, 2.45) is 0 Å². The van der Waals surface area contributed by atoms with Crippen molar-refractivity contribution in [3.63, 3.8) is 0 Å². The number of anilines is 1. The summed E-state index contributed by atoms with van der Waals surface area (Å²) in [4.78, 5) is 14.6. The summed E-state index contributed by atoms with van der Waals surface area (Å²) in [5.74, 6) is 0.530. The molecule has 0 amide bonds. The lowest BCUT2D eigenvalue weighted by Gasteiger charge is -2.13. The van der Waals surface area contributed by atoms with E-state index >= 15 is 0 Å². The molecule has 0 aliphatic heterocycles. The molecule has 5 nitrogen and oxygen atoms in total. The van der Waals surface area contributed by atoms with Crippen LogP contribution in [-0.4, -0.2) is 16.5 Å². The van der Waals surface area contributed by atoms with Gasteiger partial charge in [0, 0.05) is 23.3 Å². The number of nitrogens with zero attached hydrogens (tertiary/aromatic N) is 2. The number of benzene rings is 1. The second-order valence-corrected chi connectivity index (χ2v) is 5.39.